The zero-order valence-corrected chi connectivity index (χ0v) is 16.6. The fourth-order valence-electron chi connectivity index (χ4n) is 3.57. The predicted molar refractivity (Wildman–Crippen MR) is 113 cm³/mol. The molecule has 0 saturated heterocycles. The minimum atomic E-state index is -0.864. The number of amides is 1. The Kier molecular flexibility index (Phi) is 5.44. The van der Waals surface area contributed by atoms with E-state index >= 15 is 0 Å². The number of carbonyl (C=O) groups excluding carboxylic acids is 3. The van der Waals surface area contributed by atoms with E-state index < -0.39 is 12.0 Å². The summed E-state index contributed by atoms with van der Waals surface area (Å²) in [6, 6.07) is 21.4. The second-order valence-corrected chi connectivity index (χ2v) is 7.30. The van der Waals surface area contributed by atoms with E-state index in [1.165, 1.54) is 18.1 Å². The van der Waals surface area contributed by atoms with Crippen LogP contribution in [0.1, 0.15) is 38.8 Å². The number of carbonyl (C=O) groups is 3. The number of rotatable bonds is 6. The molecule has 1 aliphatic carbocycles. The van der Waals surface area contributed by atoms with Gasteiger partial charge in [-0.2, -0.15) is 0 Å². The molecule has 5 heteroatoms. The van der Waals surface area contributed by atoms with E-state index in [1.807, 2.05) is 30.3 Å². The second-order valence-electron chi connectivity index (χ2n) is 7.30. The molecule has 0 unspecified atom stereocenters. The molecule has 0 saturated carbocycles. The highest BCUT2D eigenvalue weighted by Gasteiger charge is 2.22. The molecule has 3 aromatic rings. The van der Waals surface area contributed by atoms with Crippen LogP contribution in [0.2, 0.25) is 0 Å². The quantitative estimate of drug-likeness (QED) is 0.395. The van der Waals surface area contributed by atoms with Gasteiger partial charge >= 0.3 is 5.97 Å². The molecule has 1 atom stereocenters. The Morgan fingerprint density at radius 3 is 2.37 bits per heavy atom. The summed E-state index contributed by atoms with van der Waals surface area (Å²) >= 11 is 0. The van der Waals surface area contributed by atoms with Crippen molar-refractivity contribution in [3.8, 4) is 11.1 Å². The van der Waals surface area contributed by atoms with Gasteiger partial charge in [0.05, 0.1) is 0 Å². The van der Waals surface area contributed by atoms with Crippen LogP contribution in [0, 0.1) is 0 Å². The molecule has 5 nitrogen and oxygen atoms in total. The van der Waals surface area contributed by atoms with Crippen LogP contribution in [0.25, 0.3) is 11.1 Å². The molecule has 0 heterocycles. The molecule has 150 valence electrons. The van der Waals surface area contributed by atoms with E-state index in [4.69, 9.17) is 4.74 Å². The molecule has 1 N–H and O–H groups in total. The minimum Gasteiger partial charge on any atom is -0.456 e. The summed E-state index contributed by atoms with van der Waals surface area (Å²) in [6.07, 6.45) is 0.855. The lowest BCUT2D eigenvalue weighted by Gasteiger charge is -2.13. The SMILES string of the molecule is C[C@H](NC(=O)c1ccccc1)C(=O)OCC(=O)c1ccc2c(c1)-c1ccccc1C2. The standard InChI is InChI=1S/C25H21NO4/c1-16(26-24(28)17-7-3-2-4-8-17)25(29)30-15-23(27)20-12-11-19-13-18-9-5-6-10-21(18)22(19)14-20/h2-12,14,16H,13,15H2,1H3,(H,26,28)/t16-/m0/s1. The molecule has 0 radical (unpaired) electrons. The van der Waals surface area contributed by atoms with Crippen LogP contribution in [0.5, 0.6) is 0 Å². The number of hydrogen-bond donors (Lipinski definition) is 1. The van der Waals surface area contributed by atoms with Gasteiger partial charge in [0.1, 0.15) is 6.04 Å². The summed E-state index contributed by atoms with van der Waals surface area (Å²) in [5, 5.41) is 2.58. The first-order chi connectivity index (χ1) is 14.5. The third kappa shape index (κ3) is 4.01. The number of ether oxygens (including phenoxy) is 1. The number of fused-ring (bicyclic) bond motifs is 3. The Hall–Kier alpha value is -3.73. The van der Waals surface area contributed by atoms with Crippen molar-refractivity contribution >= 4 is 17.7 Å². The van der Waals surface area contributed by atoms with E-state index in [0.717, 1.165) is 17.5 Å². The van der Waals surface area contributed by atoms with Crippen molar-refractivity contribution in [1.29, 1.82) is 0 Å². The van der Waals surface area contributed by atoms with E-state index in [9.17, 15) is 14.4 Å². The van der Waals surface area contributed by atoms with Crippen LogP contribution < -0.4 is 5.32 Å². The molecule has 0 spiro atoms. The maximum atomic E-state index is 12.6. The van der Waals surface area contributed by atoms with Gasteiger partial charge in [0.25, 0.3) is 5.91 Å². The molecule has 1 amide bonds. The van der Waals surface area contributed by atoms with E-state index in [1.54, 1.807) is 36.4 Å². The van der Waals surface area contributed by atoms with Crippen molar-refractivity contribution in [2.24, 2.45) is 0 Å². The van der Waals surface area contributed by atoms with Crippen LogP contribution in [0.4, 0.5) is 0 Å². The lowest BCUT2D eigenvalue weighted by atomic mass is 10.0. The smallest absolute Gasteiger partial charge is 0.328 e. The Labute approximate surface area is 174 Å². The summed E-state index contributed by atoms with van der Waals surface area (Å²) < 4.78 is 5.14. The zero-order chi connectivity index (χ0) is 21.1. The van der Waals surface area contributed by atoms with Crippen molar-refractivity contribution in [2.45, 2.75) is 19.4 Å². The minimum absolute atomic E-state index is 0.280. The maximum absolute atomic E-state index is 12.6. The first-order valence-electron chi connectivity index (χ1n) is 9.80. The van der Waals surface area contributed by atoms with Crippen LogP contribution in [0.3, 0.4) is 0 Å². The summed E-state index contributed by atoms with van der Waals surface area (Å²) in [7, 11) is 0. The molecule has 0 aliphatic heterocycles. The molecular formula is C25H21NO4. The van der Waals surface area contributed by atoms with Gasteiger partial charge < -0.3 is 10.1 Å². The van der Waals surface area contributed by atoms with Gasteiger partial charge in [-0.1, -0.05) is 54.6 Å². The lowest BCUT2D eigenvalue weighted by molar-refractivity contribution is -0.144. The van der Waals surface area contributed by atoms with Gasteiger partial charge in [0.15, 0.2) is 12.4 Å². The van der Waals surface area contributed by atoms with Crippen LogP contribution >= 0.6 is 0 Å². The Morgan fingerprint density at radius 2 is 1.57 bits per heavy atom. The van der Waals surface area contributed by atoms with Crippen LogP contribution in [-0.2, 0) is 16.0 Å². The number of hydrogen-bond acceptors (Lipinski definition) is 4. The van der Waals surface area contributed by atoms with Gasteiger partial charge in [-0.3, -0.25) is 9.59 Å². The monoisotopic (exact) mass is 399 g/mol. The van der Waals surface area contributed by atoms with Gasteiger partial charge in [-0.25, -0.2) is 4.79 Å². The number of esters is 1. The van der Waals surface area contributed by atoms with E-state index in [2.05, 4.69) is 11.4 Å². The first kappa shape index (κ1) is 19.6. The Morgan fingerprint density at radius 1 is 0.867 bits per heavy atom. The van der Waals surface area contributed by atoms with Gasteiger partial charge in [-0.15, -0.1) is 0 Å². The molecule has 0 fully saturated rings. The fraction of sp³-hybridized carbons (Fsp3) is 0.160. The summed E-state index contributed by atoms with van der Waals surface area (Å²) in [4.78, 5) is 36.9. The summed E-state index contributed by atoms with van der Waals surface area (Å²) in [5.41, 5.74) is 5.56. The molecule has 3 aromatic carbocycles. The average molecular weight is 399 g/mol. The van der Waals surface area contributed by atoms with Crippen LogP contribution in [-0.4, -0.2) is 30.3 Å². The summed E-state index contributed by atoms with van der Waals surface area (Å²) in [5.74, 6) is -1.31. The largest absolute Gasteiger partial charge is 0.456 e. The number of Topliss-reactive ketones (excluding diaryl/α,β-unsaturated/α-hetero) is 1. The maximum Gasteiger partial charge on any atom is 0.328 e. The lowest BCUT2D eigenvalue weighted by Crippen LogP contribution is -2.40. The van der Waals surface area contributed by atoms with Gasteiger partial charge in [-0.05, 0) is 53.8 Å². The van der Waals surface area contributed by atoms with Crippen molar-refractivity contribution in [2.75, 3.05) is 6.61 Å². The third-order valence-corrected chi connectivity index (χ3v) is 5.20. The number of benzene rings is 3. The third-order valence-electron chi connectivity index (χ3n) is 5.20. The fourth-order valence-corrected chi connectivity index (χ4v) is 3.57. The normalized spacial score (nSPS) is 12.4. The van der Waals surface area contributed by atoms with E-state index in [-0.39, 0.29) is 18.3 Å². The number of nitrogens with one attached hydrogen (secondary N) is 1. The summed E-state index contributed by atoms with van der Waals surface area (Å²) in [6.45, 7) is 1.16. The van der Waals surface area contributed by atoms with Crippen molar-refractivity contribution in [3.63, 3.8) is 0 Å². The van der Waals surface area contributed by atoms with Crippen molar-refractivity contribution in [3.05, 3.63) is 95.1 Å². The van der Waals surface area contributed by atoms with Crippen LogP contribution in [0.15, 0.2) is 72.8 Å². The molecule has 4 rings (SSSR count). The van der Waals surface area contributed by atoms with Gasteiger partial charge in [0.2, 0.25) is 0 Å². The van der Waals surface area contributed by atoms with Gasteiger partial charge in [0, 0.05) is 11.1 Å². The first-order valence-corrected chi connectivity index (χ1v) is 9.80. The second kappa shape index (κ2) is 8.33. The predicted octanol–water partition coefficient (Wildman–Crippen LogP) is 3.80. The molecule has 0 aromatic heterocycles. The van der Waals surface area contributed by atoms with E-state index in [0.29, 0.717) is 11.1 Å². The Balaban J connectivity index is 1.36. The molecule has 1 aliphatic rings. The van der Waals surface area contributed by atoms with Crippen molar-refractivity contribution < 1.29 is 19.1 Å². The molecular weight excluding hydrogens is 378 g/mol. The molecule has 30 heavy (non-hydrogen) atoms. The van der Waals surface area contributed by atoms with Crippen molar-refractivity contribution in [1.82, 2.24) is 5.32 Å². The highest BCUT2D eigenvalue weighted by molar-refractivity contribution is 6.00. The Bertz CT molecular complexity index is 1120. The number of ketones is 1. The molecule has 0 bridgehead atoms. The average Bonchev–Trinajstić information content (AvgIpc) is 3.15. The topological polar surface area (TPSA) is 72.5 Å². The highest BCUT2D eigenvalue weighted by Crippen LogP contribution is 2.36. The zero-order valence-electron chi connectivity index (χ0n) is 16.6. The highest BCUT2D eigenvalue weighted by atomic mass is 16.5.